The molecule has 2 atom stereocenters. The van der Waals surface area contributed by atoms with Crippen LogP contribution in [0.4, 0.5) is 0 Å². The molecule has 0 bridgehead atoms. The number of carbonyl (C=O) groups excluding carboxylic acids is 1. The highest BCUT2D eigenvalue weighted by Gasteiger charge is 2.34. The molecule has 1 amide bonds. The van der Waals surface area contributed by atoms with Gasteiger partial charge in [-0.25, -0.2) is 8.42 Å². The summed E-state index contributed by atoms with van der Waals surface area (Å²) in [7, 11) is -3.53. The lowest BCUT2D eigenvalue weighted by atomic mass is 10.1. The summed E-state index contributed by atoms with van der Waals surface area (Å²) in [6.07, 6.45) is -1.19. The highest BCUT2D eigenvalue weighted by atomic mass is 32.2. The Hall–Kier alpha value is -2.62. The van der Waals surface area contributed by atoms with Gasteiger partial charge >= 0.3 is 0 Å². The number of fused-ring (bicyclic) bond motifs is 1. The van der Waals surface area contributed by atoms with Crippen LogP contribution in [-0.4, -0.2) is 57.1 Å². The Labute approximate surface area is 175 Å². The largest absolute Gasteiger partial charge is 0.482 e. The zero-order chi connectivity index (χ0) is 21.1. The van der Waals surface area contributed by atoms with E-state index in [2.05, 4.69) is 5.32 Å². The van der Waals surface area contributed by atoms with Crippen LogP contribution in [0.25, 0.3) is 0 Å². The van der Waals surface area contributed by atoms with Crippen LogP contribution < -0.4 is 14.8 Å². The Morgan fingerprint density at radius 1 is 1.03 bits per heavy atom. The summed E-state index contributed by atoms with van der Waals surface area (Å²) >= 11 is 0. The average molecular weight is 432 g/mol. The monoisotopic (exact) mass is 432 g/mol. The van der Waals surface area contributed by atoms with E-state index < -0.39 is 22.2 Å². The maximum absolute atomic E-state index is 12.7. The number of para-hydroxylation sites is 2. The van der Waals surface area contributed by atoms with Crippen molar-refractivity contribution in [2.24, 2.45) is 0 Å². The van der Waals surface area contributed by atoms with Gasteiger partial charge in [-0.3, -0.25) is 4.79 Å². The summed E-state index contributed by atoms with van der Waals surface area (Å²) in [5.74, 6) is 0.863. The van der Waals surface area contributed by atoms with Gasteiger partial charge in [0.05, 0.1) is 18.1 Å². The molecule has 2 aromatic carbocycles. The molecule has 0 spiro atoms. The number of rotatable bonds is 5. The Kier molecular flexibility index (Phi) is 5.94. The van der Waals surface area contributed by atoms with Gasteiger partial charge in [0, 0.05) is 19.6 Å². The zero-order valence-corrected chi connectivity index (χ0v) is 17.4. The molecule has 2 aliphatic heterocycles. The number of nitrogens with zero attached hydrogens (tertiary/aromatic N) is 1. The fraction of sp³-hybridized carbons (Fsp3) is 0.381. The molecule has 0 saturated carbocycles. The minimum atomic E-state index is -3.53. The normalized spacial score (nSPS) is 21.8. The van der Waals surface area contributed by atoms with E-state index in [9.17, 15) is 13.2 Å². The minimum Gasteiger partial charge on any atom is -0.482 e. The van der Waals surface area contributed by atoms with Crippen molar-refractivity contribution < 1.29 is 27.4 Å². The molecule has 9 heteroatoms. The summed E-state index contributed by atoms with van der Waals surface area (Å²) in [5.41, 5.74) is 0.786. The van der Waals surface area contributed by atoms with Gasteiger partial charge in [0.15, 0.2) is 11.5 Å². The van der Waals surface area contributed by atoms with Crippen molar-refractivity contribution in [2.75, 3.05) is 26.3 Å². The number of benzene rings is 2. The number of carbonyl (C=O) groups is 1. The van der Waals surface area contributed by atoms with Gasteiger partial charge in [-0.2, -0.15) is 4.31 Å². The number of amides is 1. The summed E-state index contributed by atoms with van der Waals surface area (Å²) in [6.45, 7) is 3.55. The molecule has 0 unspecified atom stereocenters. The molecular formula is C21H24N2O6S. The number of nitrogens with one attached hydrogen (secondary N) is 1. The predicted molar refractivity (Wildman–Crippen MR) is 109 cm³/mol. The number of sulfonamides is 1. The van der Waals surface area contributed by atoms with Gasteiger partial charge in [0.2, 0.25) is 16.1 Å². The fourth-order valence-electron chi connectivity index (χ4n) is 3.41. The lowest BCUT2D eigenvalue weighted by molar-refractivity contribution is -0.133. The topological polar surface area (TPSA) is 94.2 Å². The second-order valence-electron chi connectivity index (χ2n) is 7.19. The molecule has 30 heavy (non-hydrogen) atoms. The molecule has 0 aromatic heterocycles. The van der Waals surface area contributed by atoms with Crippen molar-refractivity contribution in [1.82, 2.24) is 9.62 Å². The lowest BCUT2D eigenvalue weighted by Gasteiger charge is -2.31. The fourth-order valence-corrected chi connectivity index (χ4v) is 4.82. The highest BCUT2D eigenvalue weighted by Crippen LogP contribution is 2.33. The third-order valence-electron chi connectivity index (χ3n) is 5.10. The molecule has 2 aliphatic rings. The first-order valence-electron chi connectivity index (χ1n) is 9.82. The van der Waals surface area contributed by atoms with E-state index in [0.29, 0.717) is 37.8 Å². The average Bonchev–Trinajstić information content (AvgIpc) is 2.78. The predicted octanol–water partition coefficient (Wildman–Crippen LogP) is 1.55. The van der Waals surface area contributed by atoms with Crippen LogP contribution >= 0.6 is 0 Å². The first-order valence-corrected chi connectivity index (χ1v) is 11.3. The maximum atomic E-state index is 12.7. The van der Waals surface area contributed by atoms with Gasteiger partial charge in [-0.05, 0) is 36.8 Å². The first kappa shape index (κ1) is 20.6. The highest BCUT2D eigenvalue weighted by molar-refractivity contribution is 7.89. The zero-order valence-electron chi connectivity index (χ0n) is 16.6. The third kappa shape index (κ3) is 4.28. The molecular weight excluding hydrogens is 408 g/mol. The summed E-state index contributed by atoms with van der Waals surface area (Å²) in [6, 6.07) is 13.7. The quantitative estimate of drug-likeness (QED) is 0.771. The van der Waals surface area contributed by atoms with Crippen LogP contribution in [0.2, 0.25) is 0 Å². The van der Waals surface area contributed by atoms with Gasteiger partial charge in [-0.15, -0.1) is 0 Å². The first-order chi connectivity index (χ1) is 14.4. The number of morpholine rings is 1. The number of ether oxygens (including phenoxy) is 3. The SMILES string of the molecule is C[C@@H]1Oc2ccccc2O[C@@H]1C(=O)NCc1ccc(S(=O)(=O)N2CCOCC2)cc1. The lowest BCUT2D eigenvalue weighted by Crippen LogP contribution is -2.48. The minimum absolute atomic E-state index is 0.230. The van der Waals surface area contributed by atoms with E-state index in [4.69, 9.17) is 14.2 Å². The third-order valence-corrected chi connectivity index (χ3v) is 7.01. The van der Waals surface area contributed by atoms with Gasteiger partial charge < -0.3 is 19.5 Å². The van der Waals surface area contributed by atoms with Crippen molar-refractivity contribution in [2.45, 2.75) is 30.6 Å². The van der Waals surface area contributed by atoms with E-state index >= 15 is 0 Å². The summed E-state index contributed by atoms with van der Waals surface area (Å²) < 4.78 is 43.6. The maximum Gasteiger partial charge on any atom is 0.265 e. The molecule has 8 nitrogen and oxygen atoms in total. The molecule has 1 saturated heterocycles. The molecule has 4 rings (SSSR count). The van der Waals surface area contributed by atoms with Crippen molar-refractivity contribution in [1.29, 1.82) is 0 Å². The summed E-state index contributed by atoms with van der Waals surface area (Å²) in [4.78, 5) is 12.8. The van der Waals surface area contributed by atoms with Gasteiger partial charge in [-0.1, -0.05) is 24.3 Å². The molecule has 1 fully saturated rings. The van der Waals surface area contributed by atoms with Crippen molar-refractivity contribution >= 4 is 15.9 Å². The second-order valence-corrected chi connectivity index (χ2v) is 9.12. The summed E-state index contributed by atoms with van der Waals surface area (Å²) in [5, 5.41) is 2.83. The van der Waals surface area contributed by atoms with Gasteiger partial charge in [0.1, 0.15) is 6.10 Å². The Morgan fingerprint density at radius 3 is 2.33 bits per heavy atom. The Morgan fingerprint density at radius 2 is 1.67 bits per heavy atom. The second kappa shape index (κ2) is 8.63. The molecule has 0 aliphatic carbocycles. The van der Waals surface area contributed by atoms with Crippen LogP contribution in [0.15, 0.2) is 53.4 Å². The van der Waals surface area contributed by atoms with Crippen LogP contribution in [0.3, 0.4) is 0 Å². The molecule has 2 heterocycles. The standard InChI is InChI=1S/C21H24N2O6S/c1-15-20(29-19-5-3-2-4-18(19)28-15)21(24)22-14-16-6-8-17(9-7-16)30(25,26)23-10-12-27-13-11-23/h2-9,15,20H,10-14H2,1H3,(H,22,24)/t15-,20-/m0/s1. The molecule has 0 radical (unpaired) electrons. The molecule has 1 N–H and O–H groups in total. The van der Waals surface area contributed by atoms with E-state index in [0.717, 1.165) is 5.56 Å². The van der Waals surface area contributed by atoms with Gasteiger partial charge in [0.25, 0.3) is 5.91 Å². The smallest absolute Gasteiger partial charge is 0.265 e. The van der Waals surface area contributed by atoms with Crippen LogP contribution in [0.5, 0.6) is 11.5 Å². The van der Waals surface area contributed by atoms with Crippen molar-refractivity contribution in [3.8, 4) is 11.5 Å². The number of hydrogen-bond acceptors (Lipinski definition) is 6. The van der Waals surface area contributed by atoms with E-state index in [1.165, 1.54) is 4.31 Å². The Balaban J connectivity index is 1.37. The van der Waals surface area contributed by atoms with Crippen LogP contribution in [0, 0.1) is 0 Å². The van der Waals surface area contributed by atoms with Crippen molar-refractivity contribution in [3.05, 3.63) is 54.1 Å². The molecule has 2 aromatic rings. The number of hydrogen-bond donors (Lipinski definition) is 1. The van der Waals surface area contributed by atoms with E-state index in [1.54, 1.807) is 43.3 Å². The van der Waals surface area contributed by atoms with Crippen LogP contribution in [0.1, 0.15) is 12.5 Å². The van der Waals surface area contributed by atoms with E-state index in [1.807, 2.05) is 12.1 Å². The van der Waals surface area contributed by atoms with Crippen molar-refractivity contribution in [3.63, 3.8) is 0 Å². The molecule has 160 valence electrons. The Bertz CT molecular complexity index is 1000. The van der Waals surface area contributed by atoms with Crippen LogP contribution in [-0.2, 0) is 26.1 Å². The van der Waals surface area contributed by atoms with E-state index in [-0.39, 0.29) is 17.3 Å².